The first kappa shape index (κ1) is 16.2. The molecular weight excluding hydrogens is 286 g/mol. The number of benzene rings is 1. The van der Waals surface area contributed by atoms with Crippen LogP contribution in [0.25, 0.3) is 0 Å². The summed E-state index contributed by atoms with van der Waals surface area (Å²) in [5.41, 5.74) is -2.33. The zero-order valence-corrected chi connectivity index (χ0v) is 12.0. The number of aliphatic hydroxyl groups is 1. The van der Waals surface area contributed by atoms with Crippen molar-refractivity contribution in [2.75, 3.05) is 13.1 Å². The lowest BCUT2D eigenvalue weighted by atomic mass is 9.83. The molecule has 0 radical (unpaired) electrons. The number of hydrogen-bond acceptors (Lipinski definition) is 2. The number of halogens is 4. The van der Waals surface area contributed by atoms with Crippen LogP contribution in [0.3, 0.4) is 0 Å². The lowest BCUT2D eigenvalue weighted by Gasteiger charge is -2.40. The fraction of sp³-hybridized carbons (Fsp3) is 0.600. The van der Waals surface area contributed by atoms with Crippen LogP contribution in [0.5, 0.6) is 0 Å². The van der Waals surface area contributed by atoms with E-state index in [4.69, 9.17) is 0 Å². The van der Waals surface area contributed by atoms with E-state index in [2.05, 4.69) is 4.90 Å². The molecule has 2 nitrogen and oxygen atoms in total. The van der Waals surface area contributed by atoms with Crippen LogP contribution in [-0.4, -0.2) is 29.1 Å². The van der Waals surface area contributed by atoms with Crippen molar-refractivity contribution in [2.24, 2.45) is 0 Å². The van der Waals surface area contributed by atoms with Crippen LogP contribution >= 0.6 is 0 Å². The average molecular weight is 305 g/mol. The van der Waals surface area contributed by atoms with Gasteiger partial charge in [-0.05, 0) is 44.4 Å². The van der Waals surface area contributed by atoms with Crippen molar-refractivity contribution in [1.82, 2.24) is 4.90 Å². The summed E-state index contributed by atoms with van der Waals surface area (Å²) in [6.45, 7) is 5.36. The van der Waals surface area contributed by atoms with Gasteiger partial charge in [0.2, 0.25) is 0 Å². The molecule has 118 valence electrons. The highest BCUT2D eigenvalue weighted by Crippen LogP contribution is 2.37. The summed E-state index contributed by atoms with van der Waals surface area (Å²) in [5, 5.41) is 10.6. The fourth-order valence-electron chi connectivity index (χ4n) is 2.73. The Bertz CT molecular complexity index is 505. The lowest BCUT2D eigenvalue weighted by molar-refractivity contribution is -0.140. The Balaban J connectivity index is 2.21. The minimum atomic E-state index is -4.72. The first-order valence-electron chi connectivity index (χ1n) is 6.97. The van der Waals surface area contributed by atoms with Gasteiger partial charge in [0.25, 0.3) is 0 Å². The molecular formula is C15H19F4NO. The third-order valence-electron chi connectivity index (χ3n) is 4.17. The number of likely N-dealkylation sites (tertiary alicyclic amines) is 1. The predicted octanol–water partition coefficient (Wildman–Crippen LogP) is 3.54. The molecule has 1 saturated heterocycles. The van der Waals surface area contributed by atoms with Crippen molar-refractivity contribution in [3.63, 3.8) is 0 Å². The second-order valence-corrected chi connectivity index (χ2v) is 5.85. The fourth-order valence-corrected chi connectivity index (χ4v) is 2.73. The maximum absolute atomic E-state index is 13.6. The van der Waals surface area contributed by atoms with Gasteiger partial charge < -0.3 is 10.0 Å². The highest BCUT2D eigenvalue weighted by molar-refractivity contribution is 5.30. The number of alkyl halides is 3. The second kappa shape index (κ2) is 5.57. The molecule has 1 fully saturated rings. The minimum absolute atomic E-state index is 0.219. The van der Waals surface area contributed by atoms with Gasteiger partial charge in [-0.15, -0.1) is 0 Å². The Morgan fingerprint density at radius 3 is 2.19 bits per heavy atom. The van der Waals surface area contributed by atoms with Crippen LogP contribution in [-0.2, 0) is 11.8 Å². The first-order chi connectivity index (χ1) is 9.63. The third kappa shape index (κ3) is 3.37. The molecule has 1 aromatic carbocycles. The quantitative estimate of drug-likeness (QED) is 0.845. The van der Waals surface area contributed by atoms with E-state index in [9.17, 15) is 22.7 Å². The summed E-state index contributed by atoms with van der Waals surface area (Å²) >= 11 is 0. The van der Waals surface area contributed by atoms with Gasteiger partial charge in [0.15, 0.2) is 0 Å². The van der Waals surface area contributed by atoms with Crippen LogP contribution < -0.4 is 0 Å². The molecule has 0 atom stereocenters. The van der Waals surface area contributed by atoms with Gasteiger partial charge in [-0.2, -0.15) is 13.2 Å². The summed E-state index contributed by atoms with van der Waals surface area (Å²) in [5.74, 6) is -1.33. The lowest BCUT2D eigenvalue weighted by Crippen LogP contribution is -2.45. The summed E-state index contributed by atoms with van der Waals surface area (Å²) in [6, 6.07) is 3.04. The monoisotopic (exact) mass is 305 g/mol. The Kier molecular flexibility index (Phi) is 4.31. The molecule has 0 aliphatic carbocycles. The van der Waals surface area contributed by atoms with Gasteiger partial charge in [0, 0.05) is 19.1 Å². The Morgan fingerprint density at radius 2 is 1.76 bits per heavy atom. The molecule has 0 aromatic heterocycles. The summed E-state index contributed by atoms with van der Waals surface area (Å²) in [4.78, 5) is 2.18. The van der Waals surface area contributed by atoms with Gasteiger partial charge in [-0.1, -0.05) is 6.07 Å². The van der Waals surface area contributed by atoms with Crippen LogP contribution in [0, 0.1) is 5.82 Å². The van der Waals surface area contributed by atoms with E-state index in [0.717, 1.165) is 6.07 Å². The van der Waals surface area contributed by atoms with E-state index in [1.54, 1.807) is 0 Å². The normalized spacial score (nSPS) is 20.0. The molecule has 1 N–H and O–H groups in total. The van der Waals surface area contributed by atoms with Crippen molar-refractivity contribution in [3.8, 4) is 0 Å². The number of nitrogens with zero attached hydrogens (tertiary/aromatic N) is 1. The maximum Gasteiger partial charge on any atom is 0.419 e. The van der Waals surface area contributed by atoms with Gasteiger partial charge in [0.05, 0.1) is 11.2 Å². The highest BCUT2D eigenvalue weighted by Gasteiger charge is 2.38. The Labute approximate surface area is 121 Å². The Hall–Kier alpha value is -1.14. The van der Waals surface area contributed by atoms with Crippen LogP contribution in [0.15, 0.2) is 18.2 Å². The number of hydrogen-bond donors (Lipinski definition) is 1. The highest BCUT2D eigenvalue weighted by atomic mass is 19.4. The molecule has 1 aliphatic rings. The predicted molar refractivity (Wildman–Crippen MR) is 71.2 cm³/mol. The van der Waals surface area contributed by atoms with Gasteiger partial charge in [0.1, 0.15) is 5.82 Å². The molecule has 0 unspecified atom stereocenters. The average Bonchev–Trinajstić information content (AvgIpc) is 2.37. The molecule has 1 heterocycles. The van der Waals surface area contributed by atoms with E-state index in [0.29, 0.717) is 38.0 Å². The van der Waals surface area contributed by atoms with Crippen LogP contribution in [0.4, 0.5) is 17.6 Å². The number of rotatable bonds is 2. The Morgan fingerprint density at radius 1 is 1.19 bits per heavy atom. The molecule has 1 aromatic rings. The number of piperidine rings is 1. The zero-order valence-electron chi connectivity index (χ0n) is 12.0. The van der Waals surface area contributed by atoms with E-state index in [1.165, 1.54) is 6.07 Å². The van der Waals surface area contributed by atoms with Crippen LogP contribution in [0.1, 0.15) is 37.8 Å². The van der Waals surface area contributed by atoms with E-state index in [1.807, 2.05) is 13.8 Å². The maximum atomic E-state index is 13.6. The molecule has 0 spiro atoms. The van der Waals surface area contributed by atoms with Gasteiger partial charge >= 0.3 is 6.18 Å². The van der Waals surface area contributed by atoms with Crippen LogP contribution in [0.2, 0.25) is 0 Å². The molecule has 0 amide bonds. The van der Waals surface area contributed by atoms with Crippen molar-refractivity contribution < 1.29 is 22.7 Å². The standard InChI is InChI=1S/C15H19F4NO/c1-10(2)20-7-5-14(21,6-8-20)11-3-4-12(13(16)9-11)15(17,18)19/h3-4,9-10,21H,5-8H2,1-2H3. The topological polar surface area (TPSA) is 23.5 Å². The van der Waals surface area contributed by atoms with E-state index in [-0.39, 0.29) is 5.56 Å². The second-order valence-electron chi connectivity index (χ2n) is 5.85. The van der Waals surface area contributed by atoms with Crippen molar-refractivity contribution in [2.45, 2.75) is 44.5 Å². The van der Waals surface area contributed by atoms with Gasteiger partial charge in [-0.25, -0.2) is 4.39 Å². The third-order valence-corrected chi connectivity index (χ3v) is 4.17. The smallest absolute Gasteiger partial charge is 0.385 e. The summed E-state index contributed by atoms with van der Waals surface area (Å²) in [7, 11) is 0. The van der Waals surface area contributed by atoms with Crippen molar-refractivity contribution >= 4 is 0 Å². The molecule has 6 heteroatoms. The zero-order chi connectivity index (χ0) is 15.8. The van der Waals surface area contributed by atoms with Crippen molar-refractivity contribution in [3.05, 3.63) is 35.1 Å². The minimum Gasteiger partial charge on any atom is -0.385 e. The SMILES string of the molecule is CC(C)N1CCC(O)(c2ccc(C(F)(F)F)c(F)c2)CC1. The van der Waals surface area contributed by atoms with E-state index < -0.39 is 23.2 Å². The summed E-state index contributed by atoms with van der Waals surface area (Å²) < 4.78 is 51.3. The molecule has 0 saturated carbocycles. The molecule has 21 heavy (non-hydrogen) atoms. The largest absolute Gasteiger partial charge is 0.419 e. The van der Waals surface area contributed by atoms with Gasteiger partial charge in [-0.3, -0.25) is 0 Å². The molecule has 1 aliphatic heterocycles. The molecule has 2 rings (SSSR count). The van der Waals surface area contributed by atoms with E-state index >= 15 is 0 Å². The first-order valence-corrected chi connectivity index (χ1v) is 6.97. The summed E-state index contributed by atoms with van der Waals surface area (Å²) in [6.07, 6.45) is -3.95. The molecule has 0 bridgehead atoms. The van der Waals surface area contributed by atoms with Crippen molar-refractivity contribution in [1.29, 1.82) is 0 Å².